The minimum atomic E-state index is -0.112. The van der Waals surface area contributed by atoms with Crippen LogP contribution in [0.3, 0.4) is 0 Å². The second-order valence-electron chi connectivity index (χ2n) is 3.87. The summed E-state index contributed by atoms with van der Waals surface area (Å²) in [6.45, 7) is 0.386. The Kier molecular flexibility index (Phi) is 2.86. The van der Waals surface area contributed by atoms with Crippen LogP contribution in [-0.2, 0) is 6.54 Å². The third-order valence-corrected chi connectivity index (χ3v) is 3.15. The number of rotatable bonds is 2. The van der Waals surface area contributed by atoms with Gasteiger partial charge in [-0.1, -0.05) is 6.07 Å². The summed E-state index contributed by atoms with van der Waals surface area (Å²) in [5.74, 6) is 0. The Hall–Kier alpha value is -1.70. The maximum atomic E-state index is 11.7. The van der Waals surface area contributed by atoms with E-state index in [0.29, 0.717) is 6.54 Å². The molecule has 3 aromatic rings. The van der Waals surface area contributed by atoms with Crippen LogP contribution in [0, 0.1) is 3.57 Å². The first-order valence-electron chi connectivity index (χ1n) is 5.38. The molecule has 0 aliphatic carbocycles. The molecule has 3 rings (SSSR count). The Morgan fingerprint density at radius 3 is 3.00 bits per heavy atom. The summed E-state index contributed by atoms with van der Waals surface area (Å²) in [4.78, 5) is 16.2. The fourth-order valence-electron chi connectivity index (χ4n) is 1.75. The average Bonchev–Trinajstić information content (AvgIpc) is 2.75. The van der Waals surface area contributed by atoms with Gasteiger partial charge in [0.2, 0.25) is 0 Å². The molecule has 0 aromatic carbocycles. The molecule has 0 atom stereocenters. The number of pyridine rings is 1. The Morgan fingerprint density at radius 2 is 2.22 bits per heavy atom. The molecule has 0 saturated carbocycles. The topological polar surface area (TPSA) is 52.2 Å². The predicted octanol–water partition coefficient (Wildman–Crippen LogP) is 1.54. The van der Waals surface area contributed by atoms with E-state index in [0.717, 1.165) is 14.9 Å². The highest BCUT2D eigenvalue weighted by molar-refractivity contribution is 14.1. The zero-order valence-electron chi connectivity index (χ0n) is 9.32. The number of halogens is 1. The van der Waals surface area contributed by atoms with Gasteiger partial charge in [-0.3, -0.25) is 4.79 Å². The number of nitrogens with zero attached hydrogens (tertiary/aromatic N) is 4. The van der Waals surface area contributed by atoms with Crippen LogP contribution < -0.4 is 5.56 Å². The fraction of sp³-hybridized carbons (Fsp3) is 0.0833. The summed E-state index contributed by atoms with van der Waals surface area (Å²) in [7, 11) is 0. The SMILES string of the molecule is O=c1cc(I)cnn1Cc1cn2ccccc2n1. The first-order valence-corrected chi connectivity index (χ1v) is 6.45. The molecule has 0 fully saturated rings. The van der Waals surface area contributed by atoms with Crippen LogP contribution in [0.1, 0.15) is 5.69 Å². The summed E-state index contributed by atoms with van der Waals surface area (Å²) in [5.41, 5.74) is 1.57. The Balaban J connectivity index is 1.98. The van der Waals surface area contributed by atoms with E-state index in [1.807, 2.05) is 35.0 Å². The van der Waals surface area contributed by atoms with Crippen molar-refractivity contribution in [1.82, 2.24) is 19.2 Å². The molecule has 0 bridgehead atoms. The highest BCUT2D eigenvalue weighted by atomic mass is 127. The lowest BCUT2D eigenvalue weighted by Gasteiger charge is -2.00. The molecule has 6 heteroatoms. The number of hydrogen-bond acceptors (Lipinski definition) is 3. The van der Waals surface area contributed by atoms with Crippen LogP contribution in [0.15, 0.2) is 47.7 Å². The maximum Gasteiger partial charge on any atom is 0.268 e. The minimum absolute atomic E-state index is 0.112. The van der Waals surface area contributed by atoms with Gasteiger partial charge in [0.1, 0.15) is 5.65 Å². The quantitative estimate of drug-likeness (QED) is 0.658. The van der Waals surface area contributed by atoms with Gasteiger partial charge in [0, 0.05) is 22.0 Å². The van der Waals surface area contributed by atoms with Gasteiger partial charge in [-0.2, -0.15) is 5.10 Å². The van der Waals surface area contributed by atoms with Crippen molar-refractivity contribution < 1.29 is 0 Å². The molecule has 0 spiro atoms. The summed E-state index contributed by atoms with van der Waals surface area (Å²) in [5, 5.41) is 4.09. The maximum absolute atomic E-state index is 11.7. The van der Waals surface area contributed by atoms with Gasteiger partial charge in [-0.05, 0) is 34.7 Å². The molecule has 0 unspecified atom stereocenters. The van der Waals surface area contributed by atoms with Gasteiger partial charge in [-0.25, -0.2) is 9.67 Å². The Labute approximate surface area is 116 Å². The van der Waals surface area contributed by atoms with Crippen molar-refractivity contribution in [3.05, 3.63) is 62.5 Å². The third kappa shape index (κ3) is 2.15. The van der Waals surface area contributed by atoms with Crippen LogP contribution in [0.4, 0.5) is 0 Å². The van der Waals surface area contributed by atoms with Crippen molar-refractivity contribution >= 4 is 28.2 Å². The Bertz CT molecular complexity index is 729. The molecule has 0 aliphatic heterocycles. The lowest BCUT2D eigenvalue weighted by Crippen LogP contribution is -2.22. The van der Waals surface area contributed by atoms with Crippen molar-refractivity contribution in [3.63, 3.8) is 0 Å². The average molecular weight is 352 g/mol. The normalized spacial score (nSPS) is 10.9. The van der Waals surface area contributed by atoms with Crippen molar-refractivity contribution in [2.24, 2.45) is 0 Å². The molecule has 0 amide bonds. The van der Waals surface area contributed by atoms with Crippen LogP contribution in [-0.4, -0.2) is 19.2 Å². The highest BCUT2D eigenvalue weighted by Crippen LogP contribution is 2.05. The van der Waals surface area contributed by atoms with Gasteiger partial charge < -0.3 is 4.40 Å². The number of hydrogen-bond donors (Lipinski definition) is 0. The molecule has 90 valence electrons. The molecule has 3 aromatic heterocycles. The van der Waals surface area contributed by atoms with E-state index in [1.165, 1.54) is 4.68 Å². The molecule has 3 heterocycles. The number of fused-ring (bicyclic) bond motifs is 1. The zero-order valence-corrected chi connectivity index (χ0v) is 11.5. The second-order valence-corrected chi connectivity index (χ2v) is 5.11. The molecule has 0 radical (unpaired) electrons. The van der Waals surface area contributed by atoms with E-state index >= 15 is 0 Å². The number of aromatic nitrogens is 4. The standard InChI is InChI=1S/C12H9IN4O/c13-9-5-12(18)17(14-6-9)8-10-7-16-4-2-1-3-11(16)15-10/h1-7H,8H2. The van der Waals surface area contributed by atoms with E-state index in [9.17, 15) is 4.79 Å². The Morgan fingerprint density at radius 1 is 1.33 bits per heavy atom. The first kappa shape index (κ1) is 11.4. The molecular formula is C12H9IN4O. The summed E-state index contributed by atoms with van der Waals surface area (Å²) in [6, 6.07) is 7.35. The van der Waals surface area contributed by atoms with E-state index in [1.54, 1.807) is 12.3 Å². The van der Waals surface area contributed by atoms with Gasteiger partial charge in [0.15, 0.2) is 0 Å². The van der Waals surface area contributed by atoms with Crippen molar-refractivity contribution in [2.45, 2.75) is 6.54 Å². The van der Waals surface area contributed by atoms with Gasteiger partial charge in [0.05, 0.1) is 18.4 Å². The smallest absolute Gasteiger partial charge is 0.268 e. The second kappa shape index (κ2) is 4.52. The molecule has 0 saturated heterocycles. The van der Waals surface area contributed by atoms with Crippen LogP contribution in [0.2, 0.25) is 0 Å². The monoisotopic (exact) mass is 352 g/mol. The largest absolute Gasteiger partial charge is 0.307 e. The molecular weight excluding hydrogens is 343 g/mol. The van der Waals surface area contributed by atoms with E-state index in [-0.39, 0.29) is 5.56 Å². The minimum Gasteiger partial charge on any atom is -0.307 e. The molecule has 0 aliphatic rings. The molecule has 5 nitrogen and oxygen atoms in total. The summed E-state index contributed by atoms with van der Waals surface area (Å²) < 4.78 is 4.17. The lowest BCUT2D eigenvalue weighted by atomic mass is 10.4. The molecule has 18 heavy (non-hydrogen) atoms. The van der Waals surface area contributed by atoms with Crippen molar-refractivity contribution in [2.75, 3.05) is 0 Å². The van der Waals surface area contributed by atoms with Crippen LogP contribution in [0.5, 0.6) is 0 Å². The van der Waals surface area contributed by atoms with E-state index < -0.39 is 0 Å². The van der Waals surface area contributed by atoms with Crippen molar-refractivity contribution in [1.29, 1.82) is 0 Å². The number of imidazole rings is 1. The fourth-order valence-corrected chi connectivity index (χ4v) is 2.14. The van der Waals surface area contributed by atoms with Crippen molar-refractivity contribution in [3.8, 4) is 0 Å². The van der Waals surface area contributed by atoms with E-state index in [2.05, 4.69) is 32.7 Å². The molecule has 0 N–H and O–H groups in total. The highest BCUT2D eigenvalue weighted by Gasteiger charge is 2.04. The van der Waals surface area contributed by atoms with Gasteiger partial charge in [0.25, 0.3) is 5.56 Å². The summed E-state index contributed by atoms with van der Waals surface area (Å²) >= 11 is 2.07. The van der Waals surface area contributed by atoms with Gasteiger partial charge in [-0.15, -0.1) is 0 Å². The zero-order chi connectivity index (χ0) is 12.5. The van der Waals surface area contributed by atoms with E-state index in [4.69, 9.17) is 0 Å². The predicted molar refractivity (Wildman–Crippen MR) is 75.5 cm³/mol. The lowest BCUT2D eigenvalue weighted by molar-refractivity contribution is 0.628. The third-order valence-electron chi connectivity index (χ3n) is 2.56. The van der Waals surface area contributed by atoms with Crippen LogP contribution >= 0.6 is 22.6 Å². The first-order chi connectivity index (χ1) is 8.72. The summed E-state index contributed by atoms with van der Waals surface area (Å²) in [6.07, 6.45) is 5.50. The van der Waals surface area contributed by atoms with Gasteiger partial charge >= 0.3 is 0 Å². The van der Waals surface area contributed by atoms with Crippen LogP contribution in [0.25, 0.3) is 5.65 Å².